The van der Waals surface area contributed by atoms with Crippen molar-refractivity contribution in [1.82, 2.24) is 0 Å². The van der Waals surface area contributed by atoms with Crippen molar-refractivity contribution in [3.8, 4) is 0 Å². The molecular weight excluding hydrogens is 1430 g/mol. The maximum atomic E-state index is 13.1. The Morgan fingerprint density at radius 1 is 0.264 bits per heavy atom. The standard InChI is InChI=1S/C91H148O17P2/c1-5-9-13-17-21-25-29-33-37-40-42-45-49-53-57-61-65-69-73-77-90(95)107-86(81-101-88(93)75-71-67-63-59-55-51-47-36-32-28-24-20-16-12-8-4)83-105-109(97,98)103-79-85(92)80-104-110(99,100)106-84-87(82-102-89(94)76-72-68-64-60-56-52-48-44-39-35-31-27-23-19-15-11-7-3)108-91(96)78-74-70-66-62-58-54-50-46-43-41-38-34-30-26-22-18-14-10-6-2/h9-10,13-14,21-23,25-27,33-39,42-43,45-48,52-54,57-58,60,64,85-87,92H,5-8,11-12,15-20,24,28-32,40-41,44,49-51,55-56,59,61-63,65-84H2,1-4H3,(H,97,98)(H,99,100)/b13-9-,14-10-,25-21-,26-22-,27-23-,37-33-,38-34-,39-35-,45-42-,46-43-,47-36-,52-48-,57-53-,58-54-,64-60-/t85-,86+,87+/m0/s1. The third-order valence-electron chi connectivity index (χ3n) is 16.8. The van der Waals surface area contributed by atoms with Crippen molar-refractivity contribution in [1.29, 1.82) is 0 Å². The molecule has 0 aliphatic heterocycles. The summed E-state index contributed by atoms with van der Waals surface area (Å²) >= 11 is 0. The molecule has 0 saturated heterocycles. The first-order chi connectivity index (χ1) is 53.7. The van der Waals surface area contributed by atoms with Crippen LogP contribution in [0.1, 0.15) is 310 Å². The van der Waals surface area contributed by atoms with E-state index in [0.717, 1.165) is 167 Å². The number of hydrogen-bond acceptors (Lipinski definition) is 15. The molecule has 17 nitrogen and oxygen atoms in total. The minimum absolute atomic E-state index is 0.0363. The highest BCUT2D eigenvalue weighted by molar-refractivity contribution is 7.47. The van der Waals surface area contributed by atoms with Gasteiger partial charge in [0.25, 0.3) is 0 Å². The lowest BCUT2D eigenvalue weighted by atomic mass is 10.1. The van der Waals surface area contributed by atoms with Gasteiger partial charge in [0.05, 0.1) is 26.4 Å². The molecule has 0 aromatic heterocycles. The van der Waals surface area contributed by atoms with E-state index in [1.54, 1.807) is 0 Å². The van der Waals surface area contributed by atoms with Crippen molar-refractivity contribution in [3.05, 3.63) is 182 Å². The Balaban J connectivity index is 5.53. The second-order valence-electron chi connectivity index (χ2n) is 27.3. The fraction of sp³-hybridized carbons (Fsp3) is 0.626. The van der Waals surface area contributed by atoms with Gasteiger partial charge in [0.1, 0.15) is 19.3 Å². The number of phosphoric ester groups is 2. The Labute approximate surface area is 666 Å². The Kier molecular flexibility index (Phi) is 76.9. The van der Waals surface area contributed by atoms with Crippen molar-refractivity contribution in [2.45, 2.75) is 329 Å². The lowest BCUT2D eigenvalue weighted by molar-refractivity contribution is -0.161. The predicted octanol–water partition coefficient (Wildman–Crippen LogP) is 25.1. The number of aliphatic hydroxyl groups excluding tert-OH is 1. The smallest absolute Gasteiger partial charge is 0.462 e. The van der Waals surface area contributed by atoms with Gasteiger partial charge in [-0.1, -0.05) is 287 Å². The fourth-order valence-corrected chi connectivity index (χ4v) is 12.1. The van der Waals surface area contributed by atoms with Crippen molar-refractivity contribution in [2.75, 3.05) is 39.6 Å². The Morgan fingerprint density at radius 2 is 0.482 bits per heavy atom. The Hall–Kier alpha value is -5.84. The molecule has 0 aromatic rings. The van der Waals surface area contributed by atoms with Gasteiger partial charge in [-0.2, -0.15) is 0 Å². The number of esters is 4. The van der Waals surface area contributed by atoms with Crippen molar-refractivity contribution in [2.24, 2.45) is 0 Å². The van der Waals surface area contributed by atoms with Crippen LogP contribution in [0.2, 0.25) is 0 Å². The van der Waals surface area contributed by atoms with Gasteiger partial charge in [0.15, 0.2) is 12.2 Å². The summed E-state index contributed by atoms with van der Waals surface area (Å²) in [6.07, 6.45) is 98.6. The molecule has 5 atom stereocenters. The molecule has 0 radical (unpaired) electrons. The lowest BCUT2D eigenvalue weighted by Crippen LogP contribution is -2.30. The summed E-state index contributed by atoms with van der Waals surface area (Å²) in [5.41, 5.74) is 0. The molecule has 110 heavy (non-hydrogen) atoms. The van der Waals surface area contributed by atoms with E-state index < -0.39 is 97.5 Å². The summed E-state index contributed by atoms with van der Waals surface area (Å²) in [6.45, 7) is 4.46. The monoisotopic (exact) mass is 1580 g/mol. The second kappa shape index (κ2) is 81.2. The van der Waals surface area contributed by atoms with E-state index in [1.165, 1.54) is 57.8 Å². The molecule has 0 fully saturated rings. The van der Waals surface area contributed by atoms with Gasteiger partial charge in [-0.25, -0.2) is 9.13 Å². The van der Waals surface area contributed by atoms with E-state index >= 15 is 0 Å². The van der Waals surface area contributed by atoms with Crippen LogP contribution >= 0.6 is 15.6 Å². The minimum atomic E-state index is -5.01. The van der Waals surface area contributed by atoms with Gasteiger partial charge in [0.2, 0.25) is 0 Å². The topological polar surface area (TPSA) is 237 Å². The minimum Gasteiger partial charge on any atom is -0.462 e. The van der Waals surface area contributed by atoms with Crippen LogP contribution < -0.4 is 0 Å². The highest BCUT2D eigenvalue weighted by Crippen LogP contribution is 2.45. The number of carbonyl (C=O) groups is 4. The van der Waals surface area contributed by atoms with E-state index in [1.807, 2.05) is 12.2 Å². The number of rotatable bonds is 77. The number of phosphoric acid groups is 2. The molecular formula is C91H148O17P2. The fourth-order valence-electron chi connectivity index (χ4n) is 10.5. The molecule has 3 N–H and O–H groups in total. The number of ether oxygens (including phenoxy) is 4. The zero-order valence-electron chi connectivity index (χ0n) is 68.4. The predicted molar refractivity (Wildman–Crippen MR) is 454 cm³/mol. The number of carbonyl (C=O) groups excluding carboxylic acids is 4. The van der Waals surface area contributed by atoms with Gasteiger partial charge in [-0.05, 0) is 180 Å². The largest absolute Gasteiger partial charge is 0.472 e. The number of unbranched alkanes of at least 4 members (excludes halogenated alkanes) is 21. The zero-order chi connectivity index (χ0) is 80.3. The second-order valence-corrected chi connectivity index (χ2v) is 30.2. The molecule has 0 rings (SSSR count). The summed E-state index contributed by atoms with van der Waals surface area (Å²) in [5.74, 6) is -2.34. The quantitative estimate of drug-likeness (QED) is 0.0169. The average Bonchev–Trinajstić information content (AvgIpc) is 0.907. The first-order valence-electron chi connectivity index (χ1n) is 42.0. The molecule has 0 heterocycles. The van der Waals surface area contributed by atoms with Crippen molar-refractivity contribution >= 4 is 39.5 Å². The Morgan fingerprint density at radius 3 is 0.800 bits per heavy atom. The van der Waals surface area contributed by atoms with Crippen molar-refractivity contribution < 1.29 is 80.2 Å². The van der Waals surface area contributed by atoms with Crippen LogP contribution in [0.4, 0.5) is 0 Å². The van der Waals surface area contributed by atoms with Crippen LogP contribution in [0.3, 0.4) is 0 Å². The van der Waals surface area contributed by atoms with Crippen LogP contribution in [0.15, 0.2) is 182 Å². The molecule has 0 aliphatic rings. The average molecular weight is 1580 g/mol. The molecule has 2 unspecified atom stereocenters. The molecule has 0 spiro atoms. The summed E-state index contributed by atoms with van der Waals surface area (Å²) in [4.78, 5) is 73.2. The summed E-state index contributed by atoms with van der Waals surface area (Å²) in [5, 5.41) is 10.7. The third-order valence-corrected chi connectivity index (χ3v) is 18.7. The highest BCUT2D eigenvalue weighted by Gasteiger charge is 2.30. The molecule has 0 aliphatic carbocycles. The first-order valence-corrected chi connectivity index (χ1v) is 45.0. The first kappa shape index (κ1) is 104. The van der Waals surface area contributed by atoms with Crippen molar-refractivity contribution in [3.63, 3.8) is 0 Å². The highest BCUT2D eigenvalue weighted by atomic mass is 31.2. The maximum Gasteiger partial charge on any atom is 0.472 e. The third kappa shape index (κ3) is 80.2. The van der Waals surface area contributed by atoms with Crippen LogP contribution in [0, 0.1) is 0 Å². The van der Waals surface area contributed by atoms with E-state index in [4.69, 9.17) is 37.0 Å². The van der Waals surface area contributed by atoms with E-state index in [0.29, 0.717) is 32.1 Å². The maximum absolute atomic E-state index is 13.1. The van der Waals surface area contributed by atoms with Crippen LogP contribution in [-0.4, -0.2) is 96.7 Å². The summed E-state index contributed by atoms with van der Waals surface area (Å²) in [6, 6.07) is 0. The molecule has 624 valence electrons. The van der Waals surface area contributed by atoms with Crippen LogP contribution in [0.5, 0.6) is 0 Å². The number of aliphatic hydroxyl groups is 1. The van der Waals surface area contributed by atoms with Crippen LogP contribution in [0.25, 0.3) is 0 Å². The van der Waals surface area contributed by atoms with E-state index in [2.05, 4.69) is 198 Å². The van der Waals surface area contributed by atoms with Gasteiger partial charge in [0, 0.05) is 25.7 Å². The normalized spacial score (nSPS) is 14.7. The molecule has 0 bridgehead atoms. The molecule has 0 aromatic carbocycles. The SMILES string of the molecule is CC/C=C\C/C=C\C/C=C\C/C=C\C/C=C\CCCCCC(=O)O[C@H](COC(=O)CCC/C=C\C/C=C\C/C=C\C/C=C\CCCCC)COP(=O)(O)OC[C@@H](O)COP(=O)(O)OC[C@@H](COC(=O)CCCCCCC/C=C\CCCCCCCC)OC(=O)CCCCC/C=C\C/C=C\C/C=C\C/C=C\C/C=C\CC. The summed E-state index contributed by atoms with van der Waals surface area (Å²) < 4.78 is 68.7. The van der Waals surface area contributed by atoms with E-state index in [9.17, 15) is 43.2 Å². The number of hydrogen-bond donors (Lipinski definition) is 3. The van der Waals surface area contributed by atoms with Gasteiger partial charge in [-0.3, -0.25) is 37.3 Å². The molecule has 0 amide bonds. The number of allylic oxidation sites excluding steroid dienone is 30. The van der Waals surface area contributed by atoms with E-state index in [-0.39, 0.29) is 25.7 Å². The molecule has 0 saturated carbocycles. The van der Waals surface area contributed by atoms with Gasteiger partial charge in [-0.15, -0.1) is 0 Å². The zero-order valence-corrected chi connectivity index (χ0v) is 70.1. The van der Waals surface area contributed by atoms with Gasteiger partial charge >= 0.3 is 39.5 Å². The lowest BCUT2D eigenvalue weighted by Gasteiger charge is -2.21. The summed E-state index contributed by atoms with van der Waals surface area (Å²) in [7, 11) is -10.0. The Bertz CT molecular complexity index is 2800. The van der Waals surface area contributed by atoms with Crippen LogP contribution in [-0.2, 0) is 65.4 Å². The molecule has 19 heteroatoms. The van der Waals surface area contributed by atoms with Gasteiger partial charge < -0.3 is 33.8 Å².